The minimum atomic E-state index is -0.675. The lowest BCUT2D eigenvalue weighted by Crippen LogP contribution is -2.51. The van der Waals surface area contributed by atoms with E-state index < -0.39 is 12.1 Å². The lowest BCUT2D eigenvalue weighted by Gasteiger charge is -2.33. The Balaban J connectivity index is 1.23. The Morgan fingerprint density at radius 1 is 0.844 bits per heavy atom. The van der Waals surface area contributed by atoms with Gasteiger partial charge in [0.05, 0.1) is 0 Å². The number of halogens is 1. The summed E-state index contributed by atoms with van der Waals surface area (Å²) in [5.74, 6) is 0.501. The quantitative estimate of drug-likeness (QED) is 0.178. The lowest BCUT2D eigenvalue weighted by molar-refractivity contribution is -0.136. The Labute approximate surface area is 271 Å². The van der Waals surface area contributed by atoms with Crippen LogP contribution in [0.15, 0.2) is 84.9 Å². The van der Waals surface area contributed by atoms with Crippen LogP contribution >= 0.6 is 11.6 Å². The molecule has 45 heavy (non-hydrogen) atoms. The van der Waals surface area contributed by atoms with Gasteiger partial charge in [-0.15, -0.1) is 0 Å². The maximum absolute atomic E-state index is 13.8. The third-order valence-electron chi connectivity index (χ3n) is 8.57. The van der Waals surface area contributed by atoms with Crippen LogP contribution in [0.25, 0.3) is 11.1 Å². The van der Waals surface area contributed by atoms with Crippen molar-refractivity contribution in [3.63, 3.8) is 0 Å². The summed E-state index contributed by atoms with van der Waals surface area (Å²) in [4.78, 5) is 30.3. The van der Waals surface area contributed by atoms with E-state index in [9.17, 15) is 9.59 Å². The van der Waals surface area contributed by atoms with Crippen molar-refractivity contribution < 1.29 is 19.1 Å². The van der Waals surface area contributed by atoms with Gasteiger partial charge in [-0.25, -0.2) is 4.79 Å². The van der Waals surface area contributed by atoms with Crippen molar-refractivity contribution in [2.24, 2.45) is 5.92 Å². The number of likely N-dealkylation sites (N-methyl/N-ethyl adjacent to an activating group) is 2. The van der Waals surface area contributed by atoms with E-state index in [-0.39, 0.29) is 24.3 Å². The average Bonchev–Trinajstić information content (AvgIpc) is 3.33. The van der Waals surface area contributed by atoms with E-state index in [1.807, 2.05) is 88.4 Å². The highest BCUT2D eigenvalue weighted by Crippen LogP contribution is 2.44. The molecular formula is C38H41ClN2O4. The predicted octanol–water partition coefficient (Wildman–Crippen LogP) is 8.40. The Morgan fingerprint density at radius 2 is 1.40 bits per heavy atom. The fourth-order valence-electron chi connectivity index (χ4n) is 6.41. The summed E-state index contributed by atoms with van der Waals surface area (Å²) in [7, 11) is 3.42. The zero-order chi connectivity index (χ0) is 32.2. The number of nitrogens with zero attached hydrogens (tertiary/aromatic N) is 2. The number of carbonyl (C=O) groups excluding carboxylic acids is 2. The van der Waals surface area contributed by atoms with Crippen LogP contribution in [0, 0.1) is 19.8 Å². The van der Waals surface area contributed by atoms with Crippen LogP contribution in [0.5, 0.6) is 5.75 Å². The highest BCUT2D eigenvalue weighted by Gasteiger charge is 2.34. The number of ether oxygens (including phenoxy) is 2. The highest BCUT2D eigenvalue weighted by atomic mass is 35.5. The molecule has 0 fully saturated rings. The number of aryl methyl sites for hydroxylation is 2. The van der Waals surface area contributed by atoms with Gasteiger partial charge in [0, 0.05) is 37.1 Å². The molecule has 234 valence electrons. The highest BCUT2D eigenvalue weighted by molar-refractivity contribution is 6.31. The molecule has 0 saturated heterocycles. The van der Waals surface area contributed by atoms with Gasteiger partial charge in [-0.05, 0) is 64.8 Å². The molecule has 4 aromatic carbocycles. The molecule has 0 bridgehead atoms. The lowest BCUT2D eigenvalue weighted by atomic mass is 9.98. The smallest absolute Gasteiger partial charge is 0.410 e. The molecule has 1 aliphatic rings. The first-order valence-electron chi connectivity index (χ1n) is 15.4. The molecule has 0 N–H and O–H groups in total. The zero-order valence-corrected chi connectivity index (χ0v) is 27.6. The van der Waals surface area contributed by atoms with E-state index in [0.717, 1.165) is 39.1 Å². The molecule has 1 atom stereocenters. The number of benzene rings is 4. The maximum Gasteiger partial charge on any atom is 0.410 e. The van der Waals surface area contributed by atoms with Gasteiger partial charge in [0.25, 0.3) is 0 Å². The fourth-order valence-corrected chi connectivity index (χ4v) is 6.60. The van der Waals surface area contributed by atoms with Gasteiger partial charge in [0.2, 0.25) is 5.91 Å². The topological polar surface area (TPSA) is 59.1 Å². The molecule has 2 amide bonds. The van der Waals surface area contributed by atoms with Crippen molar-refractivity contribution in [3.8, 4) is 16.9 Å². The minimum absolute atomic E-state index is 0.0475. The van der Waals surface area contributed by atoms with Crippen LogP contribution < -0.4 is 4.74 Å². The van der Waals surface area contributed by atoms with Gasteiger partial charge >= 0.3 is 6.09 Å². The first kappa shape index (κ1) is 32.1. The van der Waals surface area contributed by atoms with Gasteiger partial charge in [0.15, 0.2) is 0 Å². The number of hydrogen-bond acceptors (Lipinski definition) is 4. The number of amides is 2. The molecule has 1 aliphatic carbocycles. The molecule has 0 radical (unpaired) electrons. The summed E-state index contributed by atoms with van der Waals surface area (Å²) in [5.41, 5.74) is 8.51. The van der Waals surface area contributed by atoms with Gasteiger partial charge in [-0.2, -0.15) is 0 Å². The van der Waals surface area contributed by atoms with Gasteiger partial charge in [-0.1, -0.05) is 104 Å². The van der Waals surface area contributed by atoms with E-state index in [4.69, 9.17) is 21.1 Å². The summed E-state index contributed by atoms with van der Waals surface area (Å²) in [6.07, 6.45) is -0.510. The SMILES string of the molecule is Cc1cc(CN(C)C(=O)[C@H](C(C)C)N(C)C(=O)OCC2c3ccccc3-c3ccccc32)cc(C)c1OCc1ccccc1Cl. The van der Waals surface area contributed by atoms with Gasteiger partial charge < -0.3 is 14.4 Å². The average molecular weight is 625 g/mol. The second kappa shape index (κ2) is 13.8. The molecular weight excluding hydrogens is 584 g/mol. The summed E-state index contributed by atoms with van der Waals surface area (Å²) in [6, 6.07) is 27.5. The third-order valence-corrected chi connectivity index (χ3v) is 8.94. The van der Waals surface area contributed by atoms with E-state index in [0.29, 0.717) is 18.2 Å². The first-order valence-corrected chi connectivity index (χ1v) is 15.7. The maximum atomic E-state index is 13.8. The molecule has 0 unspecified atom stereocenters. The van der Waals surface area contributed by atoms with E-state index in [1.54, 1.807) is 19.0 Å². The third kappa shape index (κ3) is 6.86. The molecule has 6 nitrogen and oxygen atoms in total. The fraction of sp³-hybridized carbons (Fsp3) is 0.316. The molecule has 0 heterocycles. The number of fused-ring (bicyclic) bond motifs is 3. The second-order valence-corrected chi connectivity index (χ2v) is 12.6. The summed E-state index contributed by atoms with van der Waals surface area (Å²) < 4.78 is 12.0. The van der Waals surface area contributed by atoms with Crippen molar-refractivity contribution in [2.75, 3.05) is 20.7 Å². The van der Waals surface area contributed by atoms with Gasteiger partial charge in [-0.3, -0.25) is 9.69 Å². The van der Waals surface area contributed by atoms with Crippen molar-refractivity contribution in [1.82, 2.24) is 9.80 Å². The first-order chi connectivity index (χ1) is 21.6. The van der Waals surface area contributed by atoms with Crippen molar-refractivity contribution in [1.29, 1.82) is 0 Å². The molecule has 0 aromatic heterocycles. The number of rotatable bonds is 10. The second-order valence-electron chi connectivity index (χ2n) is 12.2. The largest absolute Gasteiger partial charge is 0.488 e. The Kier molecular flexibility index (Phi) is 9.83. The monoisotopic (exact) mass is 624 g/mol. The molecule has 4 aromatic rings. The molecule has 0 aliphatic heterocycles. The van der Waals surface area contributed by atoms with E-state index in [1.165, 1.54) is 16.0 Å². The van der Waals surface area contributed by atoms with Crippen LogP contribution in [0.1, 0.15) is 53.1 Å². The van der Waals surface area contributed by atoms with Crippen LogP contribution in [-0.4, -0.2) is 48.5 Å². The van der Waals surface area contributed by atoms with Crippen LogP contribution in [0.4, 0.5) is 4.79 Å². The molecule has 7 heteroatoms. The van der Waals surface area contributed by atoms with Crippen molar-refractivity contribution in [3.05, 3.63) is 123 Å². The van der Waals surface area contributed by atoms with Crippen molar-refractivity contribution >= 4 is 23.6 Å². The van der Waals surface area contributed by atoms with Crippen molar-refractivity contribution in [2.45, 2.75) is 52.8 Å². The summed E-state index contributed by atoms with van der Waals surface area (Å²) in [5, 5.41) is 0.673. The molecule has 0 spiro atoms. The number of carbonyl (C=O) groups is 2. The Hall–Kier alpha value is -4.29. The van der Waals surface area contributed by atoms with Crippen LogP contribution in [0.2, 0.25) is 5.02 Å². The number of hydrogen-bond donors (Lipinski definition) is 0. The standard InChI is InChI=1S/C38H41ClN2O4/c1-24(2)35(41(6)38(43)45-23-33-31-16-10-8-14-29(31)30-15-9-11-17-32(30)33)37(42)40(5)21-27-19-25(3)36(26(4)20-27)44-22-28-13-7-12-18-34(28)39/h7-20,24,33,35H,21-23H2,1-6H3/t35-/m0/s1. The van der Waals surface area contributed by atoms with Crippen LogP contribution in [0.3, 0.4) is 0 Å². The zero-order valence-electron chi connectivity index (χ0n) is 26.8. The normalized spacial score (nSPS) is 12.8. The van der Waals surface area contributed by atoms with E-state index in [2.05, 4.69) is 24.3 Å². The summed E-state index contributed by atoms with van der Waals surface area (Å²) in [6.45, 7) is 8.87. The van der Waals surface area contributed by atoms with Crippen LogP contribution in [-0.2, 0) is 22.7 Å². The van der Waals surface area contributed by atoms with E-state index >= 15 is 0 Å². The Morgan fingerprint density at radius 3 is 1.98 bits per heavy atom. The minimum Gasteiger partial charge on any atom is -0.488 e. The molecule has 5 rings (SSSR count). The molecule has 0 saturated carbocycles. The predicted molar refractivity (Wildman–Crippen MR) is 180 cm³/mol. The van der Waals surface area contributed by atoms with Gasteiger partial charge in [0.1, 0.15) is 25.0 Å². The Bertz CT molecular complexity index is 1630. The summed E-state index contributed by atoms with van der Waals surface area (Å²) >= 11 is 6.31.